The van der Waals surface area contributed by atoms with E-state index >= 15 is 0 Å². The Bertz CT molecular complexity index is 1800. The predicted molar refractivity (Wildman–Crippen MR) is 123 cm³/mol. The topological polar surface area (TPSA) is 51.6 Å². The van der Waals surface area contributed by atoms with E-state index in [-0.39, 0.29) is 0 Å². The zero-order valence-electron chi connectivity index (χ0n) is 15.9. The van der Waals surface area contributed by atoms with Crippen LogP contribution in [0.5, 0.6) is 0 Å². The molecule has 3 aromatic carbocycles. The molecule has 7 rings (SSSR count). The van der Waals surface area contributed by atoms with Crippen LogP contribution in [0.4, 0.5) is 0 Å². The van der Waals surface area contributed by atoms with Crippen molar-refractivity contribution in [3.63, 3.8) is 0 Å². The zero-order valence-corrected chi connectivity index (χ0v) is 15.9. The van der Waals surface area contributed by atoms with Crippen LogP contribution in [0.3, 0.4) is 0 Å². The Morgan fingerprint density at radius 3 is 2.10 bits per heavy atom. The minimum Gasteiger partial charge on any atom is -0.254 e. The van der Waals surface area contributed by atoms with Gasteiger partial charge in [0, 0.05) is 44.7 Å². The van der Waals surface area contributed by atoms with Gasteiger partial charge in [0.15, 0.2) is 0 Å². The van der Waals surface area contributed by atoms with Gasteiger partial charge in [0.25, 0.3) is 0 Å². The fraction of sp³-hybridized carbons (Fsp3) is 0. The summed E-state index contributed by atoms with van der Waals surface area (Å²) in [7, 11) is 0. The normalized spacial score (nSPS) is 12.0. The lowest BCUT2D eigenvalue weighted by Gasteiger charge is -2.11. The van der Waals surface area contributed by atoms with Crippen LogP contribution in [0, 0.1) is 0 Å². The van der Waals surface area contributed by atoms with Crippen molar-refractivity contribution in [1.29, 1.82) is 0 Å². The maximum Gasteiger partial charge on any atom is 0.0986 e. The third kappa shape index (κ3) is 2.05. The lowest BCUT2D eigenvalue weighted by molar-refractivity contribution is 1.37. The second kappa shape index (κ2) is 5.67. The molecule has 0 unspecified atom stereocenters. The van der Waals surface area contributed by atoms with Crippen molar-refractivity contribution in [3.05, 3.63) is 85.2 Å². The molecule has 0 bridgehead atoms. The van der Waals surface area contributed by atoms with Crippen molar-refractivity contribution >= 4 is 65.4 Å². The number of hydrogen-bond donors (Lipinski definition) is 0. The molecule has 138 valence electrons. The average molecular weight is 382 g/mol. The van der Waals surface area contributed by atoms with Gasteiger partial charge in [-0.1, -0.05) is 30.3 Å². The smallest absolute Gasteiger partial charge is 0.0986 e. The molecule has 0 aliphatic rings. The Kier molecular flexibility index (Phi) is 2.97. The van der Waals surface area contributed by atoms with Crippen LogP contribution in [0.25, 0.3) is 65.4 Å². The standard InChI is InChI=1S/C26H14N4/c1-2-8-21-15(5-1)13-16-9-10-22-20(23(16)29-21)14-19-17-6-3-11-27-25(17)26-18(24(19)30-22)7-4-12-28-26/h1-14H. The largest absolute Gasteiger partial charge is 0.254 e. The van der Waals surface area contributed by atoms with E-state index in [9.17, 15) is 0 Å². The van der Waals surface area contributed by atoms with Gasteiger partial charge < -0.3 is 0 Å². The Labute approximate surface area is 170 Å². The summed E-state index contributed by atoms with van der Waals surface area (Å²) in [6.45, 7) is 0. The molecule has 4 heterocycles. The monoisotopic (exact) mass is 382 g/mol. The molecule has 4 aromatic heterocycles. The van der Waals surface area contributed by atoms with Crippen LogP contribution in [-0.2, 0) is 0 Å². The number of benzene rings is 3. The van der Waals surface area contributed by atoms with Gasteiger partial charge >= 0.3 is 0 Å². The Balaban J connectivity index is 1.74. The van der Waals surface area contributed by atoms with Crippen molar-refractivity contribution in [2.75, 3.05) is 0 Å². The van der Waals surface area contributed by atoms with E-state index in [1.165, 1.54) is 0 Å². The summed E-state index contributed by atoms with van der Waals surface area (Å²) in [6.07, 6.45) is 3.63. The molecule has 4 nitrogen and oxygen atoms in total. The van der Waals surface area contributed by atoms with Crippen LogP contribution in [-0.4, -0.2) is 19.9 Å². The van der Waals surface area contributed by atoms with Gasteiger partial charge in [-0.05, 0) is 42.5 Å². The first-order valence-corrected chi connectivity index (χ1v) is 9.91. The van der Waals surface area contributed by atoms with E-state index in [0.717, 1.165) is 65.4 Å². The molecular formula is C26H14N4. The van der Waals surface area contributed by atoms with E-state index in [0.29, 0.717) is 0 Å². The number of pyridine rings is 4. The van der Waals surface area contributed by atoms with Gasteiger partial charge in [-0.2, -0.15) is 0 Å². The van der Waals surface area contributed by atoms with Gasteiger partial charge in [-0.3, -0.25) is 9.97 Å². The maximum absolute atomic E-state index is 5.08. The number of fused-ring (bicyclic) bond motifs is 10. The molecule has 0 aliphatic heterocycles. The van der Waals surface area contributed by atoms with Gasteiger partial charge in [0.2, 0.25) is 0 Å². The molecule has 0 aliphatic carbocycles. The number of para-hydroxylation sites is 1. The fourth-order valence-corrected chi connectivity index (χ4v) is 4.50. The summed E-state index contributed by atoms with van der Waals surface area (Å²) in [6, 6.07) is 24.9. The lowest BCUT2D eigenvalue weighted by Crippen LogP contribution is -1.92. The van der Waals surface area contributed by atoms with Gasteiger partial charge in [-0.15, -0.1) is 0 Å². The molecule has 0 radical (unpaired) electrons. The van der Waals surface area contributed by atoms with Crippen LogP contribution in [0.15, 0.2) is 85.2 Å². The molecule has 30 heavy (non-hydrogen) atoms. The van der Waals surface area contributed by atoms with Gasteiger partial charge in [0.1, 0.15) is 0 Å². The molecule has 0 saturated heterocycles. The number of aromatic nitrogens is 4. The quantitative estimate of drug-likeness (QED) is 0.232. The Morgan fingerprint density at radius 2 is 1.20 bits per heavy atom. The highest BCUT2D eigenvalue weighted by atomic mass is 14.8. The lowest BCUT2D eigenvalue weighted by atomic mass is 10.0. The van der Waals surface area contributed by atoms with Crippen molar-refractivity contribution in [1.82, 2.24) is 19.9 Å². The highest BCUT2D eigenvalue weighted by Crippen LogP contribution is 2.35. The first-order chi connectivity index (χ1) is 14.9. The predicted octanol–water partition coefficient (Wildman–Crippen LogP) is 6.19. The van der Waals surface area contributed by atoms with Crippen molar-refractivity contribution in [3.8, 4) is 0 Å². The molecule has 0 N–H and O–H groups in total. The minimum absolute atomic E-state index is 0.886. The van der Waals surface area contributed by atoms with E-state index < -0.39 is 0 Å². The number of nitrogens with zero attached hydrogens (tertiary/aromatic N) is 4. The Hall–Kier alpha value is -4.18. The second-order valence-electron chi connectivity index (χ2n) is 7.57. The van der Waals surface area contributed by atoms with Gasteiger partial charge in [0.05, 0.1) is 33.1 Å². The maximum atomic E-state index is 5.08. The summed E-state index contributed by atoms with van der Waals surface area (Å²) in [4.78, 5) is 19.3. The molecule has 0 fully saturated rings. The van der Waals surface area contributed by atoms with Crippen molar-refractivity contribution in [2.24, 2.45) is 0 Å². The molecule has 0 spiro atoms. The number of hydrogen-bond acceptors (Lipinski definition) is 4. The van der Waals surface area contributed by atoms with Crippen LogP contribution in [0.2, 0.25) is 0 Å². The summed E-state index contributed by atoms with van der Waals surface area (Å²) in [5.74, 6) is 0. The molecule has 0 atom stereocenters. The second-order valence-corrected chi connectivity index (χ2v) is 7.57. The third-order valence-electron chi connectivity index (χ3n) is 5.87. The first-order valence-electron chi connectivity index (χ1n) is 9.91. The van der Waals surface area contributed by atoms with Crippen LogP contribution >= 0.6 is 0 Å². The van der Waals surface area contributed by atoms with Crippen molar-refractivity contribution < 1.29 is 0 Å². The molecule has 0 saturated carbocycles. The summed E-state index contributed by atoms with van der Waals surface area (Å²) < 4.78 is 0. The molecule has 0 amide bonds. The molecular weight excluding hydrogens is 368 g/mol. The fourth-order valence-electron chi connectivity index (χ4n) is 4.50. The molecule has 7 aromatic rings. The number of rotatable bonds is 0. The zero-order chi connectivity index (χ0) is 19.7. The summed E-state index contributed by atoms with van der Waals surface area (Å²) in [5, 5.41) is 6.47. The third-order valence-corrected chi connectivity index (χ3v) is 5.87. The van der Waals surface area contributed by atoms with E-state index in [4.69, 9.17) is 9.97 Å². The van der Waals surface area contributed by atoms with E-state index in [2.05, 4.69) is 58.5 Å². The minimum atomic E-state index is 0.886. The van der Waals surface area contributed by atoms with E-state index in [1.807, 2.05) is 36.7 Å². The summed E-state index contributed by atoms with van der Waals surface area (Å²) >= 11 is 0. The highest BCUT2D eigenvalue weighted by Gasteiger charge is 2.14. The first kappa shape index (κ1) is 15.7. The van der Waals surface area contributed by atoms with Gasteiger partial charge in [-0.25, -0.2) is 9.97 Å². The van der Waals surface area contributed by atoms with Crippen LogP contribution < -0.4 is 0 Å². The van der Waals surface area contributed by atoms with Crippen molar-refractivity contribution in [2.45, 2.75) is 0 Å². The SMILES string of the molecule is c1ccc2nc3c(ccc4nc5c(cc43)c3cccnc3c3ncccc53)cc2c1. The Morgan fingerprint density at radius 1 is 0.433 bits per heavy atom. The van der Waals surface area contributed by atoms with E-state index in [1.54, 1.807) is 0 Å². The molecule has 4 heteroatoms. The van der Waals surface area contributed by atoms with Crippen LogP contribution in [0.1, 0.15) is 0 Å². The average Bonchev–Trinajstić information content (AvgIpc) is 2.82. The summed E-state index contributed by atoms with van der Waals surface area (Å²) in [5.41, 5.74) is 5.64. The highest BCUT2D eigenvalue weighted by molar-refractivity contribution is 6.24.